The van der Waals surface area contributed by atoms with Gasteiger partial charge in [0.2, 0.25) is 0 Å². The Labute approximate surface area is 164 Å². The van der Waals surface area contributed by atoms with Crippen LogP contribution in [-0.2, 0) is 4.74 Å². The van der Waals surface area contributed by atoms with E-state index in [9.17, 15) is 4.79 Å². The Hall–Kier alpha value is -2.90. The van der Waals surface area contributed by atoms with Gasteiger partial charge in [-0.15, -0.1) is 0 Å². The molecule has 2 heterocycles. The van der Waals surface area contributed by atoms with Gasteiger partial charge in [0.05, 0.1) is 17.6 Å². The van der Waals surface area contributed by atoms with E-state index in [0.29, 0.717) is 0 Å². The number of imidazole rings is 1. The van der Waals surface area contributed by atoms with Crippen molar-refractivity contribution in [1.82, 2.24) is 19.8 Å². The number of aromatic amines is 1. The Morgan fingerprint density at radius 2 is 1.86 bits per heavy atom. The maximum atomic E-state index is 12.5. The molecule has 28 heavy (non-hydrogen) atoms. The molecule has 0 saturated carbocycles. The third kappa shape index (κ3) is 4.16. The number of fused-ring (bicyclic) bond motifs is 1. The Kier molecular flexibility index (Phi) is 5.55. The van der Waals surface area contributed by atoms with Crippen molar-refractivity contribution in [2.45, 2.75) is 0 Å². The molecule has 4 rings (SSSR count). The van der Waals surface area contributed by atoms with Crippen LogP contribution < -0.4 is 5.32 Å². The van der Waals surface area contributed by atoms with Gasteiger partial charge in [-0.3, -0.25) is 4.90 Å². The molecule has 1 fully saturated rings. The molecule has 1 aliphatic rings. The Bertz CT molecular complexity index is 896. The van der Waals surface area contributed by atoms with Gasteiger partial charge in [-0.2, -0.15) is 0 Å². The molecule has 146 valence electrons. The van der Waals surface area contributed by atoms with Gasteiger partial charge in [0.1, 0.15) is 5.82 Å². The fourth-order valence-corrected chi connectivity index (χ4v) is 3.40. The summed E-state index contributed by atoms with van der Waals surface area (Å²) in [4.78, 5) is 24.6. The predicted octanol–water partition coefficient (Wildman–Crippen LogP) is 3.03. The summed E-state index contributed by atoms with van der Waals surface area (Å²) in [5.74, 6) is 0.825. The molecule has 7 nitrogen and oxygen atoms in total. The molecule has 2 amide bonds. The number of aromatic nitrogens is 2. The predicted molar refractivity (Wildman–Crippen MR) is 110 cm³/mol. The van der Waals surface area contributed by atoms with Crippen molar-refractivity contribution in [2.24, 2.45) is 0 Å². The first-order valence-corrected chi connectivity index (χ1v) is 9.55. The van der Waals surface area contributed by atoms with E-state index < -0.39 is 0 Å². The van der Waals surface area contributed by atoms with Gasteiger partial charge < -0.3 is 19.9 Å². The van der Waals surface area contributed by atoms with E-state index in [1.165, 1.54) is 0 Å². The summed E-state index contributed by atoms with van der Waals surface area (Å²) >= 11 is 0. The van der Waals surface area contributed by atoms with E-state index in [4.69, 9.17) is 4.74 Å². The van der Waals surface area contributed by atoms with E-state index in [2.05, 4.69) is 20.2 Å². The Morgan fingerprint density at radius 3 is 2.57 bits per heavy atom. The number of carbonyl (C=O) groups excluding carboxylic acids is 1. The minimum absolute atomic E-state index is 0.0529. The second kappa shape index (κ2) is 8.41. The normalized spacial score (nSPS) is 15.1. The third-order valence-corrected chi connectivity index (χ3v) is 5.07. The molecule has 0 atom stereocenters. The minimum Gasteiger partial charge on any atom is -0.383 e. The fraction of sp³-hybridized carbons (Fsp3) is 0.333. The number of methoxy groups -OCH3 is 1. The van der Waals surface area contributed by atoms with Gasteiger partial charge in [-0.05, 0) is 36.4 Å². The van der Waals surface area contributed by atoms with Gasteiger partial charge in [0.25, 0.3) is 0 Å². The topological polar surface area (TPSA) is 73.5 Å². The molecule has 2 aromatic carbocycles. The number of ether oxygens (including phenoxy) is 1. The van der Waals surface area contributed by atoms with Gasteiger partial charge in [0, 0.05) is 51.1 Å². The van der Waals surface area contributed by atoms with Crippen LogP contribution in [0, 0.1) is 0 Å². The van der Waals surface area contributed by atoms with Crippen LogP contribution in [-0.4, -0.2) is 72.2 Å². The van der Waals surface area contributed by atoms with E-state index in [0.717, 1.165) is 67.4 Å². The Morgan fingerprint density at radius 1 is 1.11 bits per heavy atom. The maximum Gasteiger partial charge on any atom is 0.321 e. The average Bonchev–Trinajstić information content (AvgIpc) is 3.17. The number of benzene rings is 2. The number of rotatable bonds is 5. The summed E-state index contributed by atoms with van der Waals surface area (Å²) in [7, 11) is 1.71. The first-order valence-electron chi connectivity index (χ1n) is 9.55. The van der Waals surface area contributed by atoms with E-state index in [1.54, 1.807) is 7.11 Å². The lowest BCUT2D eigenvalue weighted by molar-refractivity contribution is 0.109. The summed E-state index contributed by atoms with van der Waals surface area (Å²) in [5.41, 5.74) is 3.73. The highest BCUT2D eigenvalue weighted by atomic mass is 16.5. The number of amides is 2. The van der Waals surface area contributed by atoms with Crippen molar-refractivity contribution in [3.05, 3.63) is 48.5 Å². The minimum atomic E-state index is -0.0529. The Balaban J connectivity index is 1.35. The molecule has 2 N–H and O–H groups in total. The van der Waals surface area contributed by atoms with Crippen molar-refractivity contribution >= 4 is 22.8 Å². The number of nitrogens with zero attached hydrogens (tertiary/aromatic N) is 3. The number of hydrogen-bond acceptors (Lipinski definition) is 4. The van der Waals surface area contributed by atoms with Crippen LogP contribution in [0.1, 0.15) is 0 Å². The summed E-state index contributed by atoms with van der Waals surface area (Å²) in [6.07, 6.45) is 0. The molecule has 1 saturated heterocycles. The third-order valence-electron chi connectivity index (χ3n) is 5.07. The molecule has 0 spiro atoms. The van der Waals surface area contributed by atoms with Gasteiger partial charge in [0.15, 0.2) is 0 Å². The molecule has 0 aliphatic carbocycles. The molecular weight excluding hydrogens is 354 g/mol. The van der Waals surface area contributed by atoms with E-state index >= 15 is 0 Å². The van der Waals surface area contributed by atoms with Crippen LogP contribution in [0.3, 0.4) is 0 Å². The van der Waals surface area contributed by atoms with Crippen LogP contribution in [0.5, 0.6) is 0 Å². The summed E-state index contributed by atoms with van der Waals surface area (Å²) < 4.78 is 5.12. The van der Waals surface area contributed by atoms with Crippen LogP contribution in [0.15, 0.2) is 48.5 Å². The molecule has 0 unspecified atom stereocenters. The first kappa shape index (κ1) is 18.5. The number of carbonyl (C=O) groups is 1. The maximum absolute atomic E-state index is 12.5. The van der Waals surface area contributed by atoms with Gasteiger partial charge in [-0.1, -0.05) is 12.1 Å². The van der Waals surface area contributed by atoms with Gasteiger partial charge >= 0.3 is 6.03 Å². The lowest BCUT2D eigenvalue weighted by atomic mass is 10.2. The van der Waals surface area contributed by atoms with Crippen LogP contribution in [0.25, 0.3) is 22.4 Å². The summed E-state index contributed by atoms with van der Waals surface area (Å²) in [6.45, 7) is 4.85. The van der Waals surface area contributed by atoms with Crippen molar-refractivity contribution in [2.75, 3.05) is 51.8 Å². The summed E-state index contributed by atoms with van der Waals surface area (Å²) in [5, 5.41) is 2.99. The fourth-order valence-electron chi connectivity index (χ4n) is 3.40. The number of piperazine rings is 1. The number of para-hydroxylation sites is 2. The SMILES string of the molecule is COCCN1CCN(C(=O)Nc2ccc(-c3nc4ccccc4[nH]3)cc2)CC1. The lowest BCUT2D eigenvalue weighted by Gasteiger charge is -2.34. The quantitative estimate of drug-likeness (QED) is 0.715. The molecular formula is C21H25N5O2. The van der Waals surface area contributed by atoms with Crippen LogP contribution >= 0.6 is 0 Å². The number of urea groups is 1. The van der Waals surface area contributed by atoms with Crippen LogP contribution in [0.2, 0.25) is 0 Å². The molecule has 1 aliphatic heterocycles. The average molecular weight is 379 g/mol. The van der Waals surface area contributed by atoms with Crippen molar-refractivity contribution in [3.8, 4) is 11.4 Å². The number of nitrogens with one attached hydrogen (secondary N) is 2. The number of H-pyrrole nitrogens is 1. The van der Waals surface area contributed by atoms with Gasteiger partial charge in [-0.25, -0.2) is 9.78 Å². The summed E-state index contributed by atoms with van der Waals surface area (Å²) in [6, 6.07) is 15.7. The van der Waals surface area contributed by atoms with Crippen molar-refractivity contribution in [3.63, 3.8) is 0 Å². The highest BCUT2D eigenvalue weighted by Gasteiger charge is 2.20. The number of anilines is 1. The van der Waals surface area contributed by atoms with E-state index in [-0.39, 0.29) is 6.03 Å². The highest BCUT2D eigenvalue weighted by Crippen LogP contribution is 2.22. The second-order valence-electron chi connectivity index (χ2n) is 6.93. The second-order valence-corrected chi connectivity index (χ2v) is 6.93. The smallest absolute Gasteiger partial charge is 0.321 e. The number of hydrogen-bond donors (Lipinski definition) is 2. The van der Waals surface area contributed by atoms with Crippen molar-refractivity contribution in [1.29, 1.82) is 0 Å². The molecule has 1 aromatic heterocycles. The monoisotopic (exact) mass is 379 g/mol. The van der Waals surface area contributed by atoms with Crippen LogP contribution in [0.4, 0.5) is 10.5 Å². The van der Waals surface area contributed by atoms with Crippen molar-refractivity contribution < 1.29 is 9.53 Å². The lowest BCUT2D eigenvalue weighted by Crippen LogP contribution is -2.50. The first-order chi connectivity index (χ1) is 13.7. The zero-order valence-electron chi connectivity index (χ0n) is 16.0. The highest BCUT2D eigenvalue weighted by molar-refractivity contribution is 5.89. The molecule has 0 bridgehead atoms. The van der Waals surface area contributed by atoms with E-state index in [1.807, 2.05) is 53.4 Å². The molecule has 7 heteroatoms. The molecule has 3 aromatic rings. The zero-order chi connectivity index (χ0) is 19.3. The molecule has 0 radical (unpaired) electrons. The largest absolute Gasteiger partial charge is 0.383 e. The zero-order valence-corrected chi connectivity index (χ0v) is 16.0. The standard InChI is InChI=1S/C21H25N5O2/c1-28-15-14-25-10-12-26(13-11-25)21(27)22-17-8-6-16(7-9-17)20-23-18-4-2-3-5-19(18)24-20/h2-9H,10-15H2,1H3,(H,22,27)(H,23,24).